The van der Waals surface area contributed by atoms with Crippen molar-refractivity contribution in [2.45, 2.75) is 20.0 Å². The minimum atomic E-state index is 0.125. The molecule has 2 N–H and O–H groups in total. The quantitative estimate of drug-likeness (QED) is 0.908. The van der Waals surface area contributed by atoms with Crippen LogP contribution in [0.5, 0.6) is 5.75 Å². The van der Waals surface area contributed by atoms with Gasteiger partial charge in [-0.15, -0.1) is 0 Å². The predicted molar refractivity (Wildman–Crippen MR) is 72.4 cm³/mol. The van der Waals surface area contributed by atoms with E-state index in [4.69, 9.17) is 15.7 Å². The number of anilines is 1. The average molecular weight is 254 g/mol. The van der Waals surface area contributed by atoms with Crippen LogP contribution in [0.25, 0.3) is 11.4 Å². The molecule has 0 aliphatic rings. The minimum absolute atomic E-state index is 0.125. The first-order valence-electron chi connectivity index (χ1n) is 5.90. The fraction of sp³-hybridized carbons (Fsp3) is 0.214. The van der Waals surface area contributed by atoms with Crippen molar-refractivity contribution in [1.29, 1.82) is 5.26 Å². The van der Waals surface area contributed by atoms with Gasteiger partial charge in [-0.3, -0.25) is 0 Å². The van der Waals surface area contributed by atoms with Gasteiger partial charge in [0, 0.05) is 11.6 Å². The van der Waals surface area contributed by atoms with Gasteiger partial charge in [0.25, 0.3) is 0 Å². The molecule has 5 heteroatoms. The number of nitriles is 1. The van der Waals surface area contributed by atoms with Gasteiger partial charge in [-0.25, -0.2) is 9.97 Å². The van der Waals surface area contributed by atoms with E-state index in [1.165, 1.54) is 6.07 Å². The Morgan fingerprint density at radius 2 is 1.89 bits per heavy atom. The zero-order chi connectivity index (χ0) is 13.8. The van der Waals surface area contributed by atoms with Crippen molar-refractivity contribution in [3.63, 3.8) is 0 Å². The van der Waals surface area contributed by atoms with Crippen LogP contribution in [0, 0.1) is 11.3 Å². The summed E-state index contributed by atoms with van der Waals surface area (Å²) in [5.74, 6) is 1.50. The highest BCUT2D eigenvalue weighted by atomic mass is 16.5. The van der Waals surface area contributed by atoms with E-state index in [2.05, 4.69) is 9.97 Å². The van der Waals surface area contributed by atoms with E-state index in [1.54, 1.807) is 0 Å². The van der Waals surface area contributed by atoms with Gasteiger partial charge in [0.15, 0.2) is 5.82 Å². The second kappa shape index (κ2) is 5.36. The summed E-state index contributed by atoms with van der Waals surface area (Å²) in [6.45, 7) is 3.93. The molecule has 5 nitrogen and oxygen atoms in total. The molecule has 19 heavy (non-hydrogen) atoms. The molecule has 0 aliphatic carbocycles. The summed E-state index contributed by atoms with van der Waals surface area (Å²) in [4.78, 5) is 8.24. The summed E-state index contributed by atoms with van der Waals surface area (Å²) in [6.07, 6.45) is 0.125. The molecule has 0 amide bonds. The van der Waals surface area contributed by atoms with E-state index in [1.807, 2.05) is 44.2 Å². The van der Waals surface area contributed by atoms with Crippen LogP contribution in [0.4, 0.5) is 5.82 Å². The number of hydrogen-bond donors (Lipinski definition) is 1. The number of ether oxygens (including phenoxy) is 1. The average Bonchev–Trinajstić information content (AvgIpc) is 2.38. The normalized spacial score (nSPS) is 10.2. The van der Waals surface area contributed by atoms with Crippen LogP contribution in [0.1, 0.15) is 19.5 Å². The predicted octanol–water partition coefficient (Wildman–Crippen LogP) is 2.38. The molecule has 0 aliphatic heterocycles. The van der Waals surface area contributed by atoms with E-state index in [0.29, 0.717) is 5.82 Å². The molecule has 0 unspecified atom stereocenters. The molecule has 0 radical (unpaired) electrons. The molecule has 0 saturated heterocycles. The molecule has 1 aromatic heterocycles. The van der Waals surface area contributed by atoms with Gasteiger partial charge in [-0.1, -0.05) is 0 Å². The van der Waals surface area contributed by atoms with Gasteiger partial charge in [-0.05, 0) is 38.1 Å². The maximum absolute atomic E-state index is 8.86. The van der Waals surface area contributed by atoms with Gasteiger partial charge in [-0.2, -0.15) is 5.26 Å². The summed E-state index contributed by atoms with van der Waals surface area (Å²) in [5.41, 5.74) is 6.69. The zero-order valence-electron chi connectivity index (χ0n) is 10.8. The molecule has 1 aromatic carbocycles. The fourth-order valence-electron chi connectivity index (χ4n) is 1.61. The lowest BCUT2D eigenvalue weighted by Crippen LogP contribution is -2.05. The lowest BCUT2D eigenvalue weighted by atomic mass is 10.2. The summed E-state index contributed by atoms with van der Waals surface area (Å²) in [5, 5.41) is 8.86. The van der Waals surface area contributed by atoms with E-state index >= 15 is 0 Å². The van der Waals surface area contributed by atoms with Crippen LogP contribution in [-0.4, -0.2) is 16.1 Å². The fourth-order valence-corrected chi connectivity index (χ4v) is 1.61. The Hall–Kier alpha value is -2.61. The van der Waals surface area contributed by atoms with Crippen molar-refractivity contribution >= 4 is 5.82 Å². The van der Waals surface area contributed by atoms with Crippen LogP contribution < -0.4 is 10.5 Å². The Morgan fingerprint density at radius 1 is 1.21 bits per heavy atom. The zero-order valence-corrected chi connectivity index (χ0v) is 10.8. The summed E-state index contributed by atoms with van der Waals surface area (Å²) in [7, 11) is 0. The van der Waals surface area contributed by atoms with Crippen LogP contribution in [0.15, 0.2) is 30.3 Å². The van der Waals surface area contributed by atoms with Crippen molar-refractivity contribution in [3.05, 3.63) is 36.0 Å². The highest BCUT2D eigenvalue weighted by molar-refractivity contribution is 5.58. The number of benzene rings is 1. The Labute approximate surface area is 111 Å². The van der Waals surface area contributed by atoms with Crippen molar-refractivity contribution in [2.24, 2.45) is 0 Å². The molecule has 2 aromatic rings. The highest BCUT2D eigenvalue weighted by Gasteiger charge is 2.06. The van der Waals surface area contributed by atoms with Gasteiger partial charge >= 0.3 is 0 Å². The van der Waals surface area contributed by atoms with E-state index < -0.39 is 0 Å². The maximum atomic E-state index is 8.86. The van der Waals surface area contributed by atoms with Gasteiger partial charge in [0.05, 0.1) is 6.10 Å². The smallest absolute Gasteiger partial charge is 0.162 e. The first kappa shape index (κ1) is 12.8. The number of nitrogen functional groups attached to an aromatic ring is 1. The first-order chi connectivity index (χ1) is 9.08. The molecule has 96 valence electrons. The number of rotatable bonds is 3. The second-order valence-electron chi connectivity index (χ2n) is 4.30. The molecule has 0 spiro atoms. The lowest BCUT2D eigenvalue weighted by Gasteiger charge is -2.09. The molecular weight excluding hydrogens is 240 g/mol. The van der Waals surface area contributed by atoms with Crippen molar-refractivity contribution in [3.8, 4) is 23.2 Å². The monoisotopic (exact) mass is 254 g/mol. The van der Waals surface area contributed by atoms with Gasteiger partial charge < -0.3 is 10.5 Å². The lowest BCUT2D eigenvalue weighted by molar-refractivity contribution is 0.242. The number of hydrogen-bond acceptors (Lipinski definition) is 5. The molecular formula is C14H14N4O. The minimum Gasteiger partial charge on any atom is -0.491 e. The Morgan fingerprint density at radius 3 is 2.47 bits per heavy atom. The van der Waals surface area contributed by atoms with Crippen LogP contribution in [-0.2, 0) is 0 Å². The largest absolute Gasteiger partial charge is 0.491 e. The number of aromatic nitrogens is 2. The Balaban J connectivity index is 2.32. The van der Waals surface area contributed by atoms with Gasteiger partial charge in [0.2, 0.25) is 0 Å². The number of nitrogens with zero attached hydrogens (tertiary/aromatic N) is 3. The number of nitrogens with two attached hydrogens (primary N) is 1. The van der Waals surface area contributed by atoms with Crippen LogP contribution in [0.3, 0.4) is 0 Å². The van der Waals surface area contributed by atoms with E-state index in [0.717, 1.165) is 11.3 Å². The second-order valence-corrected chi connectivity index (χ2v) is 4.30. The molecule has 0 atom stereocenters. The molecule has 0 bridgehead atoms. The molecule has 0 fully saturated rings. The van der Waals surface area contributed by atoms with E-state index in [9.17, 15) is 0 Å². The Bertz CT molecular complexity index is 614. The van der Waals surface area contributed by atoms with E-state index in [-0.39, 0.29) is 17.6 Å². The van der Waals surface area contributed by atoms with Crippen LogP contribution >= 0.6 is 0 Å². The molecule has 0 saturated carbocycles. The van der Waals surface area contributed by atoms with Gasteiger partial charge in [0.1, 0.15) is 23.3 Å². The molecule has 1 heterocycles. The van der Waals surface area contributed by atoms with Crippen molar-refractivity contribution < 1.29 is 4.74 Å². The first-order valence-corrected chi connectivity index (χ1v) is 5.90. The topological polar surface area (TPSA) is 84.8 Å². The van der Waals surface area contributed by atoms with Crippen molar-refractivity contribution in [2.75, 3.05) is 5.73 Å². The highest BCUT2D eigenvalue weighted by Crippen LogP contribution is 2.21. The third kappa shape index (κ3) is 3.19. The summed E-state index contributed by atoms with van der Waals surface area (Å²) < 4.78 is 5.56. The Kier molecular flexibility index (Phi) is 3.62. The third-order valence-electron chi connectivity index (χ3n) is 2.34. The standard InChI is InChI=1S/C14H14N4O/c1-9(2)19-12-5-3-10(4-6-12)14-17-11(8-15)7-13(16)18-14/h3-7,9H,1-2H3,(H2,16,17,18). The van der Waals surface area contributed by atoms with Crippen LogP contribution in [0.2, 0.25) is 0 Å². The van der Waals surface area contributed by atoms with Crippen molar-refractivity contribution in [1.82, 2.24) is 9.97 Å². The maximum Gasteiger partial charge on any atom is 0.162 e. The summed E-state index contributed by atoms with van der Waals surface area (Å²) >= 11 is 0. The summed E-state index contributed by atoms with van der Waals surface area (Å²) in [6, 6.07) is 10.8. The SMILES string of the molecule is CC(C)Oc1ccc(-c2nc(N)cc(C#N)n2)cc1. The molecule has 2 rings (SSSR count). The third-order valence-corrected chi connectivity index (χ3v) is 2.34.